The molecule has 296 valence electrons. The number of allylic oxidation sites excluding steroid dienone is 8. The zero-order chi connectivity index (χ0) is 40.3. The third kappa shape index (κ3) is 24.6. The minimum atomic E-state index is -0.283. The first-order valence-corrected chi connectivity index (χ1v) is 19.2. The Balaban J connectivity index is 0. The Morgan fingerprint density at radius 1 is 1.04 bits per heavy atom. The number of nitrogens with one attached hydrogen (secondary N) is 1. The monoisotopic (exact) mass is 756 g/mol. The molecule has 0 aromatic heterocycles. The number of rotatable bonds is 19. The van der Waals surface area contributed by atoms with E-state index in [1.165, 1.54) is 43.4 Å². The van der Waals surface area contributed by atoms with E-state index in [0.717, 1.165) is 24.0 Å². The highest BCUT2D eigenvalue weighted by atomic mass is 32.2. The summed E-state index contributed by atoms with van der Waals surface area (Å²) in [7, 11) is 2.14. The summed E-state index contributed by atoms with van der Waals surface area (Å²) in [6, 6.07) is 4.56. The number of thioether (sulfide) groups is 1. The predicted molar refractivity (Wildman–Crippen MR) is 222 cm³/mol. The molecule has 0 aliphatic carbocycles. The number of hydrogen-bond donors (Lipinski definition) is 1. The highest BCUT2D eigenvalue weighted by Gasteiger charge is 2.38. The van der Waals surface area contributed by atoms with Gasteiger partial charge in [-0.15, -0.1) is 0 Å². The van der Waals surface area contributed by atoms with Gasteiger partial charge in [-0.2, -0.15) is 0 Å². The van der Waals surface area contributed by atoms with Crippen molar-refractivity contribution in [2.45, 2.75) is 99.7 Å². The number of benzene rings is 1. The Kier molecular flexibility index (Phi) is 33.5. The maximum Gasteiger partial charge on any atom is 0.293 e. The standard InChI is InChI=1S/C22H27FN2O2S.C10H16O2.C6H15N.C4H7NO/c1-5-9-10-20-21(26)25(15-18(8-4)27-13-6-2)22(28-20)24-19-12-11-17(23)14-16(19)7-3;1-3-5-7-10(6-4-2)8-12-9-11;1-4-6-7(3)5-2;1-2-3-5-4-6/h5-6,8-9,11-14,20H,7,10,15H2,1-4H3;3,5-6,9H,4,7-8H2,1-2H3;4-6H2,1-3H3;2-4H,1H3,(H,5,6)/b9-5-,13-6-,18-8-,24-22?;5-3-,10-6+;;3-2+. The molecule has 1 heterocycles. The minimum absolute atomic E-state index is 0.00504. The molecule has 1 aliphatic heterocycles. The molecule has 1 aromatic rings. The quantitative estimate of drug-likeness (QED) is 0.0852. The highest BCUT2D eigenvalue weighted by Crippen LogP contribution is 2.33. The molecule has 0 spiro atoms. The van der Waals surface area contributed by atoms with Gasteiger partial charge in [0.15, 0.2) is 5.17 Å². The third-order valence-corrected chi connectivity index (χ3v) is 8.36. The number of nitrogens with zero attached hydrogens (tertiary/aromatic N) is 3. The Morgan fingerprint density at radius 3 is 2.25 bits per heavy atom. The van der Waals surface area contributed by atoms with Crippen LogP contribution in [0, 0.1) is 5.82 Å². The van der Waals surface area contributed by atoms with Gasteiger partial charge in [-0.1, -0.05) is 82.0 Å². The van der Waals surface area contributed by atoms with Crippen molar-refractivity contribution in [1.29, 1.82) is 0 Å². The van der Waals surface area contributed by atoms with Gasteiger partial charge < -0.3 is 19.7 Å². The summed E-state index contributed by atoms with van der Waals surface area (Å²) in [4.78, 5) is 41.0. The molecular weight excluding hydrogens is 692 g/mol. The Labute approximate surface area is 323 Å². The lowest BCUT2D eigenvalue weighted by Crippen LogP contribution is -2.34. The van der Waals surface area contributed by atoms with Crippen LogP contribution in [0.25, 0.3) is 0 Å². The van der Waals surface area contributed by atoms with E-state index in [9.17, 15) is 18.8 Å². The highest BCUT2D eigenvalue weighted by molar-refractivity contribution is 8.15. The number of amidine groups is 1. The lowest BCUT2D eigenvalue weighted by atomic mass is 10.1. The van der Waals surface area contributed by atoms with Crippen LogP contribution in [0.2, 0.25) is 0 Å². The summed E-state index contributed by atoms with van der Waals surface area (Å²) in [5.41, 5.74) is 2.66. The van der Waals surface area contributed by atoms with Crippen molar-refractivity contribution in [3.05, 3.63) is 102 Å². The molecule has 2 rings (SSSR count). The Hall–Kier alpha value is -4.22. The second-order valence-electron chi connectivity index (χ2n) is 11.3. The average Bonchev–Trinajstić information content (AvgIpc) is 3.46. The molecule has 1 N–H and O–H groups in total. The molecule has 1 unspecified atom stereocenters. The summed E-state index contributed by atoms with van der Waals surface area (Å²) < 4.78 is 23.8. The van der Waals surface area contributed by atoms with E-state index in [1.807, 2.05) is 65.8 Å². The first kappa shape index (κ1) is 50.9. The lowest BCUT2D eigenvalue weighted by molar-refractivity contribution is -0.128. The molecule has 1 saturated heterocycles. The van der Waals surface area contributed by atoms with Crippen LogP contribution in [0.1, 0.15) is 93.6 Å². The van der Waals surface area contributed by atoms with Crippen LogP contribution in [0.5, 0.6) is 0 Å². The van der Waals surface area contributed by atoms with E-state index in [4.69, 9.17) is 9.73 Å². The largest absolute Gasteiger partial charge is 0.468 e. The van der Waals surface area contributed by atoms with Crippen LogP contribution in [-0.2, 0) is 30.3 Å². The van der Waals surface area contributed by atoms with Crippen LogP contribution in [0.15, 0.2) is 95.6 Å². The fraction of sp³-hybridized carbons (Fsp3) is 0.476. The number of ether oxygens (including phenoxy) is 2. The topological polar surface area (TPSA) is 101 Å². The minimum Gasteiger partial charge on any atom is -0.468 e. The van der Waals surface area contributed by atoms with Crippen molar-refractivity contribution in [1.82, 2.24) is 15.1 Å². The van der Waals surface area contributed by atoms with Crippen molar-refractivity contribution < 1.29 is 28.2 Å². The molecule has 11 heteroatoms. The van der Waals surface area contributed by atoms with Crippen LogP contribution in [0.3, 0.4) is 0 Å². The zero-order valence-electron chi connectivity index (χ0n) is 33.8. The molecule has 0 radical (unpaired) electrons. The van der Waals surface area contributed by atoms with Gasteiger partial charge in [0.1, 0.15) is 18.2 Å². The molecule has 1 aliphatic rings. The molecular formula is C42H65FN4O5S. The van der Waals surface area contributed by atoms with Crippen molar-refractivity contribution in [3.8, 4) is 0 Å². The lowest BCUT2D eigenvalue weighted by Gasteiger charge is -2.18. The Bertz CT molecular complexity index is 1370. The number of carbonyl (C=O) groups excluding carboxylic acids is 3. The Morgan fingerprint density at radius 2 is 1.75 bits per heavy atom. The number of aryl methyl sites for hydroxylation is 1. The van der Waals surface area contributed by atoms with Gasteiger partial charge >= 0.3 is 0 Å². The fourth-order valence-corrected chi connectivity index (χ4v) is 5.41. The number of amides is 2. The molecule has 9 nitrogen and oxygen atoms in total. The molecule has 0 bridgehead atoms. The first-order valence-electron chi connectivity index (χ1n) is 18.3. The van der Waals surface area contributed by atoms with E-state index in [0.29, 0.717) is 55.5 Å². The second kappa shape index (κ2) is 34.8. The van der Waals surface area contributed by atoms with E-state index in [1.54, 1.807) is 35.6 Å². The predicted octanol–water partition coefficient (Wildman–Crippen LogP) is 9.82. The number of carbonyl (C=O) groups is 3. The SMILES string of the molecule is C/C=C/NC=O.C/C=C\C/C(=C\CC)COC=O.C/C=C\CC1SC(=Nc2ccc(F)cc2CC)N(C/C(=C/C)O/C=C\C)C1=O.CCCN(C)CC. The summed E-state index contributed by atoms with van der Waals surface area (Å²) in [6.45, 7) is 21.5. The van der Waals surface area contributed by atoms with Gasteiger partial charge in [-0.25, -0.2) is 9.38 Å². The van der Waals surface area contributed by atoms with Gasteiger partial charge in [0.05, 0.1) is 23.7 Å². The summed E-state index contributed by atoms with van der Waals surface area (Å²) >= 11 is 1.44. The van der Waals surface area contributed by atoms with Crippen molar-refractivity contribution in [2.24, 2.45) is 4.99 Å². The maximum absolute atomic E-state index is 13.6. The molecule has 2 amide bonds. The number of aliphatic imine (C=N–C) groups is 1. The van der Waals surface area contributed by atoms with Gasteiger partial charge in [0.2, 0.25) is 12.3 Å². The molecule has 0 saturated carbocycles. The van der Waals surface area contributed by atoms with Crippen LogP contribution >= 0.6 is 11.8 Å². The smallest absolute Gasteiger partial charge is 0.293 e. The van der Waals surface area contributed by atoms with Crippen molar-refractivity contribution >= 4 is 41.4 Å². The second-order valence-corrected chi connectivity index (χ2v) is 12.5. The van der Waals surface area contributed by atoms with Crippen molar-refractivity contribution in [3.63, 3.8) is 0 Å². The van der Waals surface area contributed by atoms with Gasteiger partial charge in [-0.3, -0.25) is 19.3 Å². The number of halogens is 1. The maximum atomic E-state index is 13.6. The summed E-state index contributed by atoms with van der Waals surface area (Å²) in [5, 5.41) is 2.73. The normalized spacial score (nSPS) is 15.4. The molecule has 1 aromatic carbocycles. The van der Waals surface area contributed by atoms with Crippen LogP contribution in [-0.4, -0.2) is 72.3 Å². The van der Waals surface area contributed by atoms with Gasteiger partial charge in [0.25, 0.3) is 6.47 Å². The zero-order valence-corrected chi connectivity index (χ0v) is 34.6. The van der Waals surface area contributed by atoms with E-state index in [2.05, 4.69) is 54.9 Å². The van der Waals surface area contributed by atoms with E-state index in [-0.39, 0.29) is 17.0 Å². The summed E-state index contributed by atoms with van der Waals surface area (Å²) in [6.07, 6.45) is 23.6. The van der Waals surface area contributed by atoms with E-state index < -0.39 is 0 Å². The molecule has 1 fully saturated rings. The average molecular weight is 757 g/mol. The van der Waals surface area contributed by atoms with Crippen LogP contribution in [0.4, 0.5) is 10.1 Å². The fourth-order valence-electron chi connectivity index (χ4n) is 4.28. The van der Waals surface area contributed by atoms with Gasteiger partial charge in [-0.05, 0) is 128 Å². The van der Waals surface area contributed by atoms with Gasteiger partial charge in [0, 0.05) is 0 Å². The van der Waals surface area contributed by atoms with Crippen LogP contribution < -0.4 is 5.32 Å². The van der Waals surface area contributed by atoms with E-state index >= 15 is 0 Å². The first-order chi connectivity index (χ1) is 25.6. The molecule has 53 heavy (non-hydrogen) atoms. The summed E-state index contributed by atoms with van der Waals surface area (Å²) in [5.74, 6) is 0.390. The molecule has 1 atom stereocenters. The van der Waals surface area contributed by atoms with Crippen molar-refractivity contribution in [2.75, 3.05) is 33.3 Å². The third-order valence-electron chi connectivity index (χ3n) is 7.16. The number of hydrogen-bond acceptors (Lipinski definition) is 8.